The highest BCUT2D eigenvalue weighted by molar-refractivity contribution is 5.31. The molecule has 8 heteroatoms. The summed E-state index contributed by atoms with van der Waals surface area (Å²) < 4.78 is 53.9. The van der Waals surface area contributed by atoms with Crippen LogP contribution in [0.2, 0.25) is 0 Å². The Morgan fingerprint density at radius 2 is 2.00 bits per heavy atom. The van der Waals surface area contributed by atoms with E-state index in [0.717, 1.165) is 25.2 Å². The largest absolute Gasteiger partial charge is 0.573 e. The molecule has 0 spiro atoms. The molecular weight excluding hydrogens is 302 g/mol. The second-order valence-electron chi connectivity index (χ2n) is 4.90. The van der Waals surface area contributed by atoms with Gasteiger partial charge in [0.15, 0.2) is 11.6 Å². The molecule has 1 saturated heterocycles. The van der Waals surface area contributed by atoms with Gasteiger partial charge in [-0.15, -0.1) is 13.2 Å². The Kier molecular flexibility index (Phi) is 5.21. The molecule has 0 aliphatic carbocycles. The number of nitriles is 1. The Hall–Kier alpha value is -1.85. The monoisotopic (exact) mass is 317 g/mol. The lowest BCUT2D eigenvalue weighted by atomic mass is 10.0. The highest BCUT2D eigenvalue weighted by atomic mass is 19.4. The summed E-state index contributed by atoms with van der Waals surface area (Å²) in [4.78, 5) is 2.01. The lowest BCUT2D eigenvalue weighted by molar-refractivity contribution is -0.275. The minimum absolute atomic E-state index is 0.138. The lowest BCUT2D eigenvalue weighted by Crippen LogP contribution is -2.45. The van der Waals surface area contributed by atoms with Gasteiger partial charge in [0.2, 0.25) is 0 Å². The molecule has 120 valence electrons. The number of nitrogens with zero attached hydrogens (tertiary/aromatic N) is 2. The van der Waals surface area contributed by atoms with Gasteiger partial charge >= 0.3 is 6.36 Å². The van der Waals surface area contributed by atoms with Crippen molar-refractivity contribution < 1.29 is 22.3 Å². The van der Waals surface area contributed by atoms with E-state index >= 15 is 0 Å². The predicted molar refractivity (Wildman–Crippen MR) is 70.5 cm³/mol. The molecule has 4 nitrogen and oxygen atoms in total. The van der Waals surface area contributed by atoms with Gasteiger partial charge in [-0.05, 0) is 17.7 Å². The van der Waals surface area contributed by atoms with Crippen molar-refractivity contribution in [2.24, 2.45) is 0 Å². The number of nitrogens with one attached hydrogen (secondary N) is 1. The maximum absolute atomic E-state index is 13.8. The first-order valence-corrected chi connectivity index (χ1v) is 6.77. The van der Waals surface area contributed by atoms with Gasteiger partial charge in [-0.3, -0.25) is 4.90 Å². The van der Waals surface area contributed by atoms with Gasteiger partial charge in [0.25, 0.3) is 0 Å². The van der Waals surface area contributed by atoms with E-state index < -0.39 is 17.9 Å². The summed E-state index contributed by atoms with van der Waals surface area (Å²) in [6.07, 6.45) is -4.80. The maximum Gasteiger partial charge on any atom is 0.573 e. The number of hydrogen-bond acceptors (Lipinski definition) is 4. The Balaban J connectivity index is 2.21. The molecule has 0 amide bonds. The number of hydrogen-bond donors (Lipinski definition) is 1. The van der Waals surface area contributed by atoms with Crippen LogP contribution in [0.15, 0.2) is 18.2 Å². The number of benzene rings is 1. The fraction of sp³-hybridized carbons (Fsp3) is 0.500. The molecule has 22 heavy (non-hydrogen) atoms. The van der Waals surface area contributed by atoms with E-state index in [9.17, 15) is 17.6 Å². The Bertz CT molecular complexity index is 550. The standard InChI is InChI=1S/C14H15F4N3O/c15-11-9-10(1-2-13(11)22-14(16,17)18)12(3-4-19)21-7-5-20-6-8-21/h1-2,9,12,20H,3,5-8H2/t12-/m1/s1. The zero-order valence-electron chi connectivity index (χ0n) is 11.7. The van der Waals surface area contributed by atoms with Gasteiger partial charge in [-0.25, -0.2) is 4.39 Å². The van der Waals surface area contributed by atoms with Crippen LogP contribution in [0.5, 0.6) is 5.75 Å². The highest BCUT2D eigenvalue weighted by Gasteiger charge is 2.32. The first-order valence-electron chi connectivity index (χ1n) is 6.77. The molecule has 1 fully saturated rings. The number of halogens is 4. The van der Waals surface area contributed by atoms with Crippen LogP contribution >= 0.6 is 0 Å². The zero-order valence-corrected chi connectivity index (χ0v) is 11.7. The fourth-order valence-corrected chi connectivity index (χ4v) is 2.47. The number of piperazine rings is 1. The van der Waals surface area contributed by atoms with E-state index in [2.05, 4.69) is 10.1 Å². The molecule has 2 rings (SSSR count). The van der Waals surface area contributed by atoms with E-state index in [-0.39, 0.29) is 12.5 Å². The summed E-state index contributed by atoms with van der Waals surface area (Å²) >= 11 is 0. The summed E-state index contributed by atoms with van der Waals surface area (Å²) in [5.74, 6) is -1.96. The third kappa shape index (κ3) is 4.32. The molecule has 1 N–H and O–H groups in total. The van der Waals surface area contributed by atoms with Crippen LogP contribution in [0.25, 0.3) is 0 Å². The SMILES string of the molecule is N#CC[C@H](c1ccc(OC(F)(F)F)c(F)c1)N1CCNCC1. The van der Waals surface area contributed by atoms with Gasteiger partial charge in [-0.1, -0.05) is 6.07 Å². The van der Waals surface area contributed by atoms with Gasteiger partial charge < -0.3 is 10.1 Å². The molecule has 1 heterocycles. The average molecular weight is 317 g/mol. The van der Waals surface area contributed by atoms with Crippen LogP contribution in [-0.2, 0) is 0 Å². The summed E-state index contributed by atoms with van der Waals surface area (Å²) in [6.45, 7) is 2.88. The van der Waals surface area contributed by atoms with Crippen LogP contribution in [0.3, 0.4) is 0 Å². The second kappa shape index (κ2) is 6.94. The molecule has 0 bridgehead atoms. The number of rotatable bonds is 4. The van der Waals surface area contributed by atoms with Crippen molar-refractivity contribution in [3.63, 3.8) is 0 Å². The normalized spacial score (nSPS) is 17.8. The van der Waals surface area contributed by atoms with Crippen molar-refractivity contribution >= 4 is 0 Å². The van der Waals surface area contributed by atoms with Crippen molar-refractivity contribution in [1.29, 1.82) is 5.26 Å². The molecule has 0 unspecified atom stereocenters. The molecule has 0 saturated carbocycles. The smallest absolute Gasteiger partial charge is 0.403 e. The van der Waals surface area contributed by atoms with Crippen LogP contribution in [0.4, 0.5) is 17.6 Å². The maximum atomic E-state index is 13.8. The first kappa shape index (κ1) is 16.5. The molecule has 0 aromatic heterocycles. The summed E-state index contributed by atoms with van der Waals surface area (Å²) in [5.41, 5.74) is 0.468. The van der Waals surface area contributed by atoms with Crippen LogP contribution in [-0.4, -0.2) is 37.4 Å². The molecular formula is C14H15F4N3O. The average Bonchev–Trinajstić information content (AvgIpc) is 2.47. The molecule has 1 aliphatic rings. The molecule has 1 aliphatic heterocycles. The van der Waals surface area contributed by atoms with E-state index in [1.807, 2.05) is 11.0 Å². The summed E-state index contributed by atoms with van der Waals surface area (Å²) in [5, 5.41) is 12.1. The minimum atomic E-state index is -4.94. The first-order chi connectivity index (χ1) is 10.4. The summed E-state index contributed by atoms with van der Waals surface area (Å²) in [7, 11) is 0. The van der Waals surface area contributed by atoms with E-state index in [4.69, 9.17) is 5.26 Å². The Labute approximate surface area is 125 Å². The van der Waals surface area contributed by atoms with E-state index in [1.54, 1.807) is 0 Å². The number of ether oxygens (including phenoxy) is 1. The van der Waals surface area contributed by atoms with Crippen LogP contribution < -0.4 is 10.1 Å². The molecule has 1 aromatic carbocycles. The van der Waals surface area contributed by atoms with Crippen molar-refractivity contribution in [3.05, 3.63) is 29.6 Å². The highest BCUT2D eigenvalue weighted by Crippen LogP contribution is 2.30. The Morgan fingerprint density at radius 3 is 2.55 bits per heavy atom. The van der Waals surface area contributed by atoms with Gasteiger partial charge in [0.1, 0.15) is 0 Å². The van der Waals surface area contributed by atoms with Gasteiger partial charge in [-0.2, -0.15) is 5.26 Å². The Morgan fingerprint density at radius 1 is 1.32 bits per heavy atom. The lowest BCUT2D eigenvalue weighted by Gasteiger charge is -2.34. The van der Waals surface area contributed by atoms with Crippen molar-refractivity contribution in [2.45, 2.75) is 18.8 Å². The molecule has 0 radical (unpaired) electrons. The number of alkyl halides is 3. The van der Waals surface area contributed by atoms with E-state index in [1.165, 1.54) is 6.07 Å². The van der Waals surface area contributed by atoms with Gasteiger partial charge in [0.05, 0.1) is 12.5 Å². The fourth-order valence-electron chi connectivity index (χ4n) is 2.47. The topological polar surface area (TPSA) is 48.3 Å². The third-order valence-electron chi connectivity index (χ3n) is 3.44. The van der Waals surface area contributed by atoms with Gasteiger partial charge in [0, 0.05) is 32.2 Å². The third-order valence-corrected chi connectivity index (χ3v) is 3.44. The zero-order chi connectivity index (χ0) is 16.2. The summed E-state index contributed by atoms with van der Waals surface area (Å²) in [6, 6.07) is 5.02. The van der Waals surface area contributed by atoms with Crippen molar-refractivity contribution in [3.8, 4) is 11.8 Å². The van der Waals surface area contributed by atoms with Crippen LogP contribution in [0.1, 0.15) is 18.0 Å². The predicted octanol–water partition coefficient (Wildman–Crippen LogP) is 2.58. The van der Waals surface area contributed by atoms with E-state index in [0.29, 0.717) is 18.7 Å². The quantitative estimate of drug-likeness (QED) is 0.867. The molecule has 1 atom stereocenters. The second-order valence-corrected chi connectivity index (χ2v) is 4.90. The minimum Gasteiger partial charge on any atom is -0.403 e. The van der Waals surface area contributed by atoms with Crippen LogP contribution in [0, 0.1) is 17.1 Å². The molecule has 1 aromatic rings. The van der Waals surface area contributed by atoms with Crippen molar-refractivity contribution in [1.82, 2.24) is 10.2 Å². The van der Waals surface area contributed by atoms with Crippen molar-refractivity contribution in [2.75, 3.05) is 26.2 Å².